The number of ether oxygens (including phenoxy) is 1. The lowest BCUT2D eigenvalue weighted by Crippen LogP contribution is -2.37. The average molecular weight is 296 g/mol. The van der Waals surface area contributed by atoms with Gasteiger partial charge in [-0.1, -0.05) is 6.92 Å². The molecule has 1 rings (SSSR count). The fraction of sp³-hybridized carbons (Fsp3) is 0.500. The molecular weight excluding hydrogens is 276 g/mol. The Morgan fingerprint density at radius 3 is 2.75 bits per heavy atom. The number of rotatable bonds is 7. The maximum absolute atomic E-state index is 12.5. The van der Waals surface area contributed by atoms with Crippen LogP contribution in [0.25, 0.3) is 0 Å². The zero-order chi connectivity index (χ0) is 15.0. The van der Waals surface area contributed by atoms with E-state index in [0.717, 1.165) is 6.42 Å². The number of carbonyl (C=O) groups is 2. The summed E-state index contributed by atoms with van der Waals surface area (Å²) in [5, 5.41) is 0.669. The van der Waals surface area contributed by atoms with E-state index in [-0.39, 0.29) is 18.4 Å². The first-order valence-corrected chi connectivity index (χ1v) is 7.80. The van der Waals surface area contributed by atoms with Crippen LogP contribution in [0.1, 0.15) is 30.6 Å². The third-order valence-electron chi connectivity index (χ3n) is 2.60. The fourth-order valence-corrected chi connectivity index (χ4v) is 2.31. The summed E-state index contributed by atoms with van der Waals surface area (Å²) in [6.45, 7) is 4.51. The van der Waals surface area contributed by atoms with Crippen molar-refractivity contribution < 1.29 is 14.3 Å². The second-order valence-corrected chi connectivity index (χ2v) is 4.89. The molecule has 1 heterocycles. The van der Waals surface area contributed by atoms with Crippen molar-refractivity contribution in [2.75, 3.05) is 26.0 Å². The highest BCUT2D eigenvalue weighted by Gasteiger charge is 2.21. The van der Waals surface area contributed by atoms with Gasteiger partial charge in [0.25, 0.3) is 5.91 Å². The molecule has 0 N–H and O–H groups in total. The summed E-state index contributed by atoms with van der Waals surface area (Å²) < 4.78 is 4.91. The van der Waals surface area contributed by atoms with Gasteiger partial charge in [0.1, 0.15) is 11.6 Å². The van der Waals surface area contributed by atoms with Crippen molar-refractivity contribution in [1.29, 1.82) is 0 Å². The zero-order valence-electron chi connectivity index (χ0n) is 12.1. The molecule has 0 radical (unpaired) electrons. The van der Waals surface area contributed by atoms with Crippen LogP contribution in [0.4, 0.5) is 0 Å². The molecule has 0 aliphatic rings. The Kier molecular flexibility index (Phi) is 7.08. The standard InChI is InChI=1S/C14H20N2O3S/c1-4-9-16(10-12(17)19-5-2)14(18)11-7-6-8-15-13(11)20-3/h6-8H,4-5,9-10H2,1-3H3. The van der Waals surface area contributed by atoms with Crippen LogP contribution in [0, 0.1) is 0 Å². The molecule has 0 unspecified atom stereocenters. The number of hydrogen-bond donors (Lipinski definition) is 0. The predicted molar refractivity (Wildman–Crippen MR) is 78.8 cm³/mol. The third kappa shape index (κ3) is 4.52. The van der Waals surface area contributed by atoms with Crippen molar-refractivity contribution in [2.45, 2.75) is 25.3 Å². The first kappa shape index (κ1) is 16.5. The Hall–Kier alpha value is -1.56. The van der Waals surface area contributed by atoms with Gasteiger partial charge in [0.15, 0.2) is 0 Å². The normalized spacial score (nSPS) is 10.2. The molecule has 1 amide bonds. The minimum absolute atomic E-state index is 0.0246. The molecule has 0 aliphatic heterocycles. The summed E-state index contributed by atoms with van der Waals surface area (Å²) in [4.78, 5) is 29.8. The first-order valence-electron chi connectivity index (χ1n) is 6.57. The van der Waals surface area contributed by atoms with Crippen molar-refractivity contribution in [3.63, 3.8) is 0 Å². The van der Waals surface area contributed by atoms with E-state index in [2.05, 4.69) is 4.98 Å². The second-order valence-electron chi connectivity index (χ2n) is 4.09. The van der Waals surface area contributed by atoms with Gasteiger partial charge in [-0.3, -0.25) is 9.59 Å². The highest BCUT2D eigenvalue weighted by atomic mass is 32.2. The molecule has 110 valence electrons. The van der Waals surface area contributed by atoms with Gasteiger partial charge in [0, 0.05) is 12.7 Å². The summed E-state index contributed by atoms with van der Waals surface area (Å²) in [5.74, 6) is -0.568. The molecule has 6 heteroatoms. The number of carbonyl (C=O) groups excluding carboxylic acids is 2. The zero-order valence-corrected chi connectivity index (χ0v) is 12.9. The Bertz CT molecular complexity index is 465. The maximum atomic E-state index is 12.5. The van der Waals surface area contributed by atoms with E-state index >= 15 is 0 Å². The van der Waals surface area contributed by atoms with Crippen LogP contribution < -0.4 is 0 Å². The molecule has 0 aromatic carbocycles. The predicted octanol–water partition coefficient (Wildman–Crippen LogP) is 2.22. The average Bonchev–Trinajstić information content (AvgIpc) is 2.46. The lowest BCUT2D eigenvalue weighted by atomic mass is 10.2. The molecule has 0 saturated heterocycles. The molecule has 0 fully saturated rings. The Balaban J connectivity index is 2.90. The number of pyridine rings is 1. The SMILES string of the molecule is CCCN(CC(=O)OCC)C(=O)c1cccnc1SC. The fourth-order valence-electron chi connectivity index (χ4n) is 1.77. The largest absolute Gasteiger partial charge is 0.465 e. The third-order valence-corrected chi connectivity index (χ3v) is 3.31. The minimum Gasteiger partial charge on any atom is -0.465 e. The number of nitrogens with zero attached hydrogens (tertiary/aromatic N) is 2. The number of esters is 1. The molecule has 5 nitrogen and oxygen atoms in total. The quantitative estimate of drug-likeness (QED) is 0.570. The van der Waals surface area contributed by atoms with E-state index in [9.17, 15) is 9.59 Å². The van der Waals surface area contributed by atoms with Gasteiger partial charge in [0.05, 0.1) is 12.2 Å². The van der Waals surface area contributed by atoms with Crippen molar-refractivity contribution in [3.05, 3.63) is 23.9 Å². The Morgan fingerprint density at radius 2 is 2.15 bits per heavy atom. The van der Waals surface area contributed by atoms with Crippen LogP contribution in [0.5, 0.6) is 0 Å². The highest BCUT2D eigenvalue weighted by molar-refractivity contribution is 7.98. The van der Waals surface area contributed by atoms with Crippen LogP contribution in [0.3, 0.4) is 0 Å². The van der Waals surface area contributed by atoms with Gasteiger partial charge in [-0.05, 0) is 31.7 Å². The van der Waals surface area contributed by atoms with Crippen LogP contribution in [-0.4, -0.2) is 47.7 Å². The monoisotopic (exact) mass is 296 g/mol. The van der Waals surface area contributed by atoms with Crippen molar-refractivity contribution >= 4 is 23.6 Å². The molecule has 0 spiro atoms. The van der Waals surface area contributed by atoms with Crippen LogP contribution in [0.15, 0.2) is 23.4 Å². The van der Waals surface area contributed by atoms with Crippen molar-refractivity contribution in [3.8, 4) is 0 Å². The minimum atomic E-state index is -0.385. The van der Waals surface area contributed by atoms with Crippen LogP contribution >= 0.6 is 11.8 Å². The first-order chi connectivity index (χ1) is 9.63. The summed E-state index contributed by atoms with van der Waals surface area (Å²) in [6, 6.07) is 3.45. The summed E-state index contributed by atoms with van der Waals surface area (Å²) in [6.07, 6.45) is 4.30. The summed E-state index contributed by atoms with van der Waals surface area (Å²) in [7, 11) is 0. The van der Waals surface area contributed by atoms with E-state index in [1.165, 1.54) is 16.7 Å². The molecule has 0 bridgehead atoms. The Morgan fingerprint density at radius 1 is 1.40 bits per heavy atom. The van der Waals surface area contributed by atoms with Gasteiger partial charge < -0.3 is 9.64 Å². The van der Waals surface area contributed by atoms with E-state index in [1.54, 1.807) is 25.3 Å². The molecule has 1 aromatic heterocycles. The van der Waals surface area contributed by atoms with Gasteiger partial charge in [-0.2, -0.15) is 0 Å². The summed E-state index contributed by atoms with van der Waals surface area (Å²) >= 11 is 1.41. The highest BCUT2D eigenvalue weighted by Crippen LogP contribution is 2.18. The number of amides is 1. The Labute approximate surface area is 123 Å². The van der Waals surface area contributed by atoms with E-state index in [0.29, 0.717) is 23.7 Å². The number of aromatic nitrogens is 1. The van der Waals surface area contributed by atoms with Gasteiger partial charge >= 0.3 is 5.97 Å². The molecular formula is C14H20N2O3S. The lowest BCUT2D eigenvalue weighted by molar-refractivity contribution is -0.143. The van der Waals surface area contributed by atoms with Crippen LogP contribution in [0.2, 0.25) is 0 Å². The summed E-state index contributed by atoms with van der Waals surface area (Å²) in [5.41, 5.74) is 0.526. The van der Waals surface area contributed by atoms with E-state index in [4.69, 9.17) is 4.74 Å². The molecule has 0 aliphatic carbocycles. The topological polar surface area (TPSA) is 59.5 Å². The van der Waals surface area contributed by atoms with Crippen LogP contribution in [-0.2, 0) is 9.53 Å². The maximum Gasteiger partial charge on any atom is 0.325 e. The molecule has 0 saturated carbocycles. The second kappa shape index (κ2) is 8.58. The number of hydrogen-bond acceptors (Lipinski definition) is 5. The lowest BCUT2D eigenvalue weighted by Gasteiger charge is -2.21. The van der Waals surface area contributed by atoms with Gasteiger partial charge in [-0.15, -0.1) is 11.8 Å². The molecule has 1 aromatic rings. The number of thioether (sulfide) groups is 1. The molecule has 0 atom stereocenters. The van der Waals surface area contributed by atoms with Crippen molar-refractivity contribution in [1.82, 2.24) is 9.88 Å². The van der Waals surface area contributed by atoms with E-state index < -0.39 is 0 Å². The smallest absolute Gasteiger partial charge is 0.325 e. The van der Waals surface area contributed by atoms with E-state index in [1.807, 2.05) is 13.2 Å². The molecule has 20 heavy (non-hydrogen) atoms. The van der Waals surface area contributed by atoms with Gasteiger partial charge in [-0.25, -0.2) is 4.98 Å². The van der Waals surface area contributed by atoms with Crippen molar-refractivity contribution in [2.24, 2.45) is 0 Å². The van der Waals surface area contributed by atoms with Gasteiger partial charge in [0.2, 0.25) is 0 Å².